The highest BCUT2D eigenvalue weighted by Gasteiger charge is 2.12. The maximum atomic E-state index is 11.6. The van der Waals surface area contributed by atoms with Crippen LogP contribution in [0.5, 0.6) is 0 Å². The van der Waals surface area contributed by atoms with E-state index in [0.717, 1.165) is 5.69 Å². The van der Waals surface area contributed by atoms with Crippen LogP contribution in [-0.4, -0.2) is 27.7 Å². The average molecular weight is 276 g/mol. The van der Waals surface area contributed by atoms with Crippen molar-refractivity contribution >= 4 is 11.9 Å². The SMILES string of the molecule is CCOC(=O)c1cnc(NCc2cc(C)no2)nc1C. The van der Waals surface area contributed by atoms with Gasteiger partial charge < -0.3 is 14.6 Å². The second-order valence-electron chi connectivity index (χ2n) is 4.20. The van der Waals surface area contributed by atoms with Crippen LogP contribution in [-0.2, 0) is 11.3 Å². The third-order valence-electron chi connectivity index (χ3n) is 2.57. The molecule has 106 valence electrons. The fourth-order valence-electron chi connectivity index (χ4n) is 1.63. The van der Waals surface area contributed by atoms with E-state index in [1.54, 1.807) is 13.8 Å². The van der Waals surface area contributed by atoms with Crippen LogP contribution in [0.25, 0.3) is 0 Å². The molecule has 0 unspecified atom stereocenters. The second kappa shape index (κ2) is 6.14. The minimum absolute atomic E-state index is 0.323. The van der Waals surface area contributed by atoms with Gasteiger partial charge in [0, 0.05) is 12.3 Å². The van der Waals surface area contributed by atoms with Crippen LogP contribution >= 0.6 is 0 Å². The molecule has 0 aliphatic heterocycles. The van der Waals surface area contributed by atoms with Gasteiger partial charge in [-0.25, -0.2) is 14.8 Å². The smallest absolute Gasteiger partial charge is 0.341 e. The standard InChI is InChI=1S/C13H16N4O3/c1-4-19-12(18)11-7-15-13(16-9(11)3)14-6-10-5-8(2)17-20-10/h5,7H,4,6H2,1-3H3,(H,14,15,16). The summed E-state index contributed by atoms with van der Waals surface area (Å²) < 4.78 is 9.99. The number of hydrogen-bond donors (Lipinski definition) is 1. The number of ether oxygens (including phenoxy) is 1. The van der Waals surface area contributed by atoms with Crippen LogP contribution < -0.4 is 5.32 Å². The van der Waals surface area contributed by atoms with Crippen molar-refractivity contribution in [3.05, 3.63) is 35.0 Å². The Morgan fingerprint density at radius 1 is 1.45 bits per heavy atom. The molecule has 2 aromatic rings. The molecule has 0 saturated heterocycles. The topological polar surface area (TPSA) is 90.1 Å². The molecule has 0 aromatic carbocycles. The third kappa shape index (κ3) is 3.31. The summed E-state index contributed by atoms with van der Waals surface area (Å²) in [5.41, 5.74) is 1.75. The molecule has 0 bridgehead atoms. The number of rotatable bonds is 5. The Kier molecular flexibility index (Phi) is 4.29. The van der Waals surface area contributed by atoms with E-state index in [0.29, 0.717) is 36.1 Å². The number of nitrogens with zero attached hydrogens (tertiary/aromatic N) is 3. The molecule has 2 rings (SSSR count). The Labute approximate surface area is 116 Å². The fourth-order valence-corrected chi connectivity index (χ4v) is 1.63. The summed E-state index contributed by atoms with van der Waals surface area (Å²) in [5.74, 6) is 0.699. The maximum Gasteiger partial charge on any atom is 0.341 e. The largest absolute Gasteiger partial charge is 0.462 e. The lowest BCUT2D eigenvalue weighted by Gasteiger charge is -2.07. The van der Waals surface area contributed by atoms with Gasteiger partial charge in [-0.15, -0.1) is 0 Å². The first-order valence-corrected chi connectivity index (χ1v) is 6.27. The maximum absolute atomic E-state index is 11.6. The number of esters is 1. The van der Waals surface area contributed by atoms with E-state index in [4.69, 9.17) is 9.26 Å². The van der Waals surface area contributed by atoms with E-state index < -0.39 is 5.97 Å². The molecule has 20 heavy (non-hydrogen) atoms. The molecular formula is C13H16N4O3. The van der Waals surface area contributed by atoms with Gasteiger partial charge >= 0.3 is 5.97 Å². The Morgan fingerprint density at radius 2 is 2.25 bits per heavy atom. The van der Waals surface area contributed by atoms with Crippen molar-refractivity contribution in [2.45, 2.75) is 27.3 Å². The third-order valence-corrected chi connectivity index (χ3v) is 2.57. The van der Waals surface area contributed by atoms with Crippen molar-refractivity contribution in [1.29, 1.82) is 0 Å². The summed E-state index contributed by atoms with van der Waals surface area (Å²) in [6, 6.07) is 1.83. The van der Waals surface area contributed by atoms with Crippen LogP contribution in [0.4, 0.5) is 5.95 Å². The van der Waals surface area contributed by atoms with E-state index in [1.165, 1.54) is 6.20 Å². The zero-order valence-corrected chi connectivity index (χ0v) is 11.6. The van der Waals surface area contributed by atoms with Crippen molar-refractivity contribution in [1.82, 2.24) is 15.1 Å². The lowest BCUT2D eigenvalue weighted by atomic mass is 10.2. The van der Waals surface area contributed by atoms with Gasteiger partial charge in [0.15, 0.2) is 5.76 Å². The number of nitrogens with one attached hydrogen (secondary N) is 1. The number of aryl methyl sites for hydroxylation is 2. The monoisotopic (exact) mass is 276 g/mol. The molecule has 0 aliphatic carbocycles. The van der Waals surface area contributed by atoms with E-state index in [1.807, 2.05) is 13.0 Å². The van der Waals surface area contributed by atoms with Gasteiger partial charge in [-0.2, -0.15) is 0 Å². The molecule has 7 heteroatoms. The van der Waals surface area contributed by atoms with Gasteiger partial charge in [0.05, 0.1) is 30.1 Å². The molecule has 0 fully saturated rings. The van der Waals surface area contributed by atoms with Gasteiger partial charge in [0.1, 0.15) is 0 Å². The Balaban J connectivity index is 2.03. The zero-order chi connectivity index (χ0) is 14.5. The normalized spacial score (nSPS) is 10.3. The number of carbonyl (C=O) groups excluding carboxylic acids is 1. The molecule has 0 amide bonds. The Hall–Kier alpha value is -2.44. The van der Waals surface area contributed by atoms with Gasteiger partial charge in [0.2, 0.25) is 5.95 Å². The van der Waals surface area contributed by atoms with Crippen molar-refractivity contribution in [3.63, 3.8) is 0 Å². The first-order valence-electron chi connectivity index (χ1n) is 6.27. The average Bonchev–Trinajstić information content (AvgIpc) is 2.82. The van der Waals surface area contributed by atoms with E-state index in [9.17, 15) is 4.79 Å². The minimum atomic E-state index is -0.414. The van der Waals surface area contributed by atoms with Crippen LogP contribution in [0.2, 0.25) is 0 Å². The molecule has 7 nitrogen and oxygen atoms in total. The molecule has 0 radical (unpaired) electrons. The summed E-state index contributed by atoms with van der Waals surface area (Å²) in [5, 5.41) is 6.79. The lowest BCUT2D eigenvalue weighted by molar-refractivity contribution is 0.0524. The minimum Gasteiger partial charge on any atom is -0.462 e. The number of anilines is 1. The number of hydrogen-bond acceptors (Lipinski definition) is 7. The molecule has 0 atom stereocenters. The van der Waals surface area contributed by atoms with Gasteiger partial charge in [-0.05, 0) is 20.8 Å². The summed E-state index contributed by atoms with van der Waals surface area (Å²) in [6.45, 7) is 6.09. The molecule has 0 aliphatic rings. The summed E-state index contributed by atoms with van der Waals surface area (Å²) in [7, 11) is 0. The van der Waals surface area contributed by atoms with Crippen molar-refractivity contribution in [2.75, 3.05) is 11.9 Å². The van der Waals surface area contributed by atoms with E-state index in [-0.39, 0.29) is 0 Å². The molecule has 2 heterocycles. The number of aromatic nitrogens is 3. The van der Waals surface area contributed by atoms with E-state index >= 15 is 0 Å². The quantitative estimate of drug-likeness (QED) is 0.833. The van der Waals surface area contributed by atoms with Crippen LogP contribution in [0.15, 0.2) is 16.8 Å². The first kappa shape index (κ1) is 14.0. The zero-order valence-electron chi connectivity index (χ0n) is 11.6. The highest BCUT2D eigenvalue weighted by molar-refractivity contribution is 5.90. The lowest BCUT2D eigenvalue weighted by Crippen LogP contribution is -2.11. The predicted molar refractivity (Wildman–Crippen MR) is 71.3 cm³/mol. The van der Waals surface area contributed by atoms with Crippen molar-refractivity contribution in [3.8, 4) is 0 Å². The number of carbonyl (C=O) groups is 1. The molecular weight excluding hydrogens is 260 g/mol. The van der Waals surface area contributed by atoms with Crippen molar-refractivity contribution in [2.24, 2.45) is 0 Å². The summed E-state index contributed by atoms with van der Waals surface area (Å²) in [6.07, 6.45) is 1.45. The van der Waals surface area contributed by atoms with Crippen LogP contribution in [0.1, 0.15) is 34.4 Å². The van der Waals surface area contributed by atoms with Gasteiger partial charge in [0.25, 0.3) is 0 Å². The fraction of sp³-hybridized carbons (Fsp3) is 0.385. The summed E-state index contributed by atoms with van der Waals surface area (Å²) >= 11 is 0. The first-order chi connectivity index (χ1) is 9.60. The summed E-state index contributed by atoms with van der Waals surface area (Å²) in [4.78, 5) is 19.9. The Bertz CT molecular complexity index is 609. The van der Waals surface area contributed by atoms with Gasteiger partial charge in [-0.3, -0.25) is 0 Å². The van der Waals surface area contributed by atoms with E-state index in [2.05, 4.69) is 20.4 Å². The molecule has 0 spiro atoms. The van der Waals surface area contributed by atoms with Crippen LogP contribution in [0.3, 0.4) is 0 Å². The Morgan fingerprint density at radius 3 is 2.85 bits per heavy atom. The molecule has 1 N–H and O–H groups in total. The van der Waals surface area contributed by atoms with Gasteiger partial charge in [-0.1, -0.05) is 5.16 Å². The van der Waals surface area contributed by atoms with Crippen LogP contribution in [0, 0.1) is 13.8 Å². The molecule has 2 aromatic heterocycles. The molecule has 0 saturated carbocycles. The predicted octanol–water partition coefficient (Wildman–Crippen LogP) is 1.87. The highest BCUT2D eigenvalue weighted by atomic mass is 16.5. The second-order valence-corrected chi connectivity index (χ2v) is 4.20. The van der Waals surface area contributed by atoms with Crippen molar-refractivity contribution < 1.29 is 14.1 Å². The highest BCUT2D eigenvalue weighted by Crippen LogP contribution is 2.10.